The van der Waals surface area contributed by atoms with E-state index >= 15 is 0 Å². The second kappa shape index (κ2) is 6.55. The third-order valence-electron chi connectivity index (χ3n) is 2.88. The lowest BCUT2D eigenvalue weighted by atomic mass is 10.2. The summed E-state index contributed by atoms with van der Waals surface area (Å²) in [6.45, 7) is 16.4. The number of alkyl halides is 1. The van der Waals surface area contributed by atoms with Gasteiger partial charge in [0, 0.05) is 24.2 Å². The molecule has 0 aromatic carbocycles. The van der Waals surface area contributed by atoms with Gasteiger partial charge in [-0.2, -0.15) is 0 Å². The molecule has 0 spiro atoms. The fourth-order valence-corrected chi connectivity index (χ4v) is 2.33. The van der Waals surface area contributed by atoms with E-state index in [-0.39, 0.29) is 24.2 Å². The molecular weight excluding hydrogens is 203 g/mol. The average molecular weight is 232 g/mol. The van der Waals surface area contributed by atoms with Gasteiger partial charge < -0.3 is 0 Å². The monoisotopic (exact) mass is 232 g/mol. The maximum Gasteiger partial charge on any atom is 0.211 e. The largest absolute Gasteiger partial charge is 0.256 e. The van der Waals surface area contributed by atoms with Crippen LogP contribution in [0.2, 0.25) is 0 Å². The summed E-state index contributed by atoms with van der Waals surface area (Å²) in [5.74, 6) is 0. The molecule has 0 aromatic rings. The highest BCUT2D eigenvalue weighted by Crippen LogP contribution is 2.20. The van der Waals surface area contributed by atoms with Crippen LogP contribution in [0.1, 0.15) is 55.4 Å². The molecule has 0 aromatic heterocycles. The lowest BCUT2D eigenvalue weighted by Gasteiger charge is -2.43. The summed E-state index contributed by atoms with van der Waals surface area (Å²) in [6, 6.07) is 0.870. The first kappa shape index (κ1) is 15.9. The Labute approximate surface area is 101 Å². The van der Waals surface area contributed by atoms with Crippen molar-refractivity contribution in [1.29, 1.82) is 0 Å². The minimum atomic E-state index is -1.000. The number of halogens is 1. The average Bonchev–Trinajstić information content (AvgIpc) is 1.99. The Bertz CT molecular complexity index is 154. The maximum atomic E-state index is 14.6. The second-order valence-electron chi connectivity index (χ2n) is 5.58. The topological polar surface area (TPSA) is 6.48 Å². The molecular formula is C13H29FN2. The zero-order valence-corrected chi connectivity index (χ0v) is 12.2. The van der Waals surface area contributed by atoms with Crippen LogP contribution in [0.4, 0.5) is 4.39 Å². The summed E-state index contributed by atoms with van der Waals surface area (Å²) >= 11 is 0. The molecule has 0 aliphatic carbocycles. The van der Waals surface area contributed by atoms with Crippen molar-refractivity contribution in [2.45, 2.75) is 86.0 Å². The van der Waals surface area contributed by atoms with Gasteiger partial charge in [0.05, 0.1) is 0 Å². The normalized spacial score (nSPS) is 13.5. The first-order valence-electron chi connectivity index (χ1n) is 6.39. The number of hydrogen-bond acceptors (Lipinski definition) is 2. The van der Waals surface area contributed by atoms with E-state index in [1.165, 1.54) is 0 Å². The van der Waals surface area contributed by atoms with Crippen LogP contribution in [0.5, 0.6) is 0 Å². The number of nitrogens with zero attached hydrogens (tertiary/aromatic N) is 2. The summed E-state index contributed by atoms with van der Waals surface area (Å²) in [4.78, 5) is 3.83. The minimum absolute atomic E-state index is 0.218. The molecule has 0 saturated heterocycles. The van der Waals surface area contributed by atoms with Gasteiger partial charge >= 0.3 is 0 Å². The van der Waals surface area contributed by atoms with Crippen LogP contribution in [0, 0.1) is 0 Å². The Balaban J connectivity index is 4.88. The highest BCUT2D eigenvalue weighted by molar-refractivity contribution is 4.76. The van der Waals surface area contributed by atoms with Gasteiger partial charge in [0.25, 0.3) is 0 Å². The maximum absolute atomic E-state index is 14.6. The third-order valence-corrected chi connectivity index (χ3v) is 2.88. The van der Waals surface area contributed by atoms with Crippen molar-refractivity contribution in [3.63, 3.8) is 0 Å². The molecule has 0 rings (SSSR count). The molecule has 0 aliphatic rings. The molecule has 0 atom stereocenters. The van der Waals surface area contributed by atoms with Gasteiger partial charge in [-0.05, 0) is 55.4 Å². The van der Waals surface area contributed by atoms with Crippen LogP contribution in [-0.2, 0) is 0 Å². The Hall–Kier alpha value is -0.150. The Morgan fingerprint density at radius 2 is 0.750 bits per heavy atom. The summed E-state index contributed by atoms with van der Waals surface area (Å²) in [5, 5.41) is 0. The van der Waals surface area contributed by atoms with Crippen molar-refractivity contribution in [1.82, 2.24) is 9.80 Å². The van der Waals surface area contributed by atoms with Gasteiger partial charge in [0.1, 0.15) is 0 Å². The fraction of sp³-hybridized carbons (Fsp3) is 1.00. The van der Waals surface area contributed by atoms with Crippen LogP contribution in [0.3, 0.4) is 0 Å². The molecule has 2 nitrogen and oxygen atoms in total. The molecule has 0 fully saturated rings. The van der Waals surface area contributed by atoms with Crippen molar-refractivity contribution >= 4 is 0 Å². The smallest absolute Gasteiger partial charge is 0.211 e. The van der Waals surface area contributed by atoms with Crippen molar-refractivity contribution < 1.29 is 4.39 Å². The van der Waals surface area contributed by atoms with Gasteiger partial charge in [-0.25, -0.2) is 4.39 Å². The second-order valence-corrected chi connectivity index (χ2v) is 5.58. The standard InChI is InChI=1S/C13H29FN2/c1-9(2)15(10(3)4)13(14)16(11(5)6)12(7)8/h9-13H,1-8H3. The van der Waals surface area contributed by atoms with Crippen LogP contribution in [0.15, 0.2) is 0 Å². The van der Waals surface area contributed by atoms with E-state index in [1.54, 1.807) is 0 Å². The molecule has 0 bridgehead atoms. The van der Waals surface area contributed by atoms with Crippen LogP contribution in [0.25, 0.3) is 0 Å². The lowest BCUT2D eigenvalue weighted by Crippen LogP contribution is -2.55. The van der Waals surface area contributed by atoms with Crippen LogP contribution >= 0.6 is 0 Å². The third kappa shape index (κ3) is 4.02. The lowest BCUT2D eigenvalue weighted by molar-refractivity contribution is -0.110. The van der Waals surface area contributed by atoms with E-state index in [1.807, 2.05) is 65.2 Å². The highest BCUT2D eigenvalue weighted by atomic mass is 19.1. The van der Waals surface area contributed by atoms with Gasteiger partial charge in [0.2, 0.25) is 6.42 Å². The molecule has 0 N–H and O–H groups in total. The molecule has 0 unspecified atom stereocenters. The van der Waals surface area contributed by atoms with Crippen molar-refractivity contribution in [2.75, 3.05) is 0 Å². The summed E-state index contributed by atoms with van der Waals surface area (Å²) in [7, 11) is 0. The van der Waals surface area contributed by atoms with E-state index < -0.39 is 6.42 Å². The Morgan fingerprint density at radius 1 is 0.562 bits per heavy atom. The molecule has 0 radical (unpaired) electrons. The van der Waals surface area contributed by atoms with E-state index in [0.717, 1.165) is 0 Å². The predicted octanol–water partition coefficient (Wildman–Crippen LogP) is 3.48. The molecule has 0 amide bonds. The molecule has 0 saturated carbocycles. The van der Waals surface area contributed by atoms with Crippen LogP contribution in [-0.4, -0.2) is 40.4 Å². The van der Waals surface area contributed by atoms with Gasteiger partial charge in [0.15, 0.2) is 0 Å². The Kier molecular flexibility index (Phi) is 6.49. The highest BCUT2D eigenvalue weighted by Gasteiger charge is 2.31. The predicted molar refractivity (Wildman–Crippen MR) is 69.1 cm³/mol. The first-order chi connectivity index (χ1) is 7.20. The summed E-state index contributed by atoms with van der Waals surface area (Å²) in [6.07, 6.45) is -1.000. The van der Waals surface area contributed by atoms with Crippen LogP contribution < -0.4 is 0 Å². The van der Waals surface area contributed by atoms with E-state index in [2.05, 4.69) is 0 Å². The van der Waals surface area contributed by atoms with Gasteiger partial charge in [-0.1, -0.05) is 0 Å². The Morgan fingerprint density at radius 3 is 0.875 bits per heavy atom. The summed E-state index contributed by atoms with van der Waals surface area (Å²) in [5.41, 5.74) is 0. The molecule has 16 heavy (non-hydrogen) atoms. The SMILES string of the molecule is CC(C)N(C(C)C)C(F)N(C(C)C)C(C)C. The van der Waals surface area contributed by atoms with Crippen molar-refractivity contribution in [3.05, 3.63) is 0 Å². The van der Waals surface area contributed by atoms with E-state index in [0.29, 0.717) is 0 Å². The zero-order valence-electron chi connectivity index (χ0n) is 12.2. The molecule has 0 aliphatic heterocycles. The number of hydrogen-bond donors (Lipinski definition) is 0. The summed E-state index contributed by atoms with van der Waals surface area (Å²) < 4.78 is 14.6. The first-order valence-corrected chi connectivity index (χ1v) is 6.39. The van der Waals surface area contributed by atoms with Gasteiger partial charge in [-0.3, -0.25) is 9.80 Å². The van der Waals surface area contributed by atoms with Crippen molar-refractivity contribution in [3.8, 4) is 0 Å². The fourth-order valence-electron chi connectivity index (χ4n) is 2.33. The van der Waals surface area contributed by atoms with Crippen molar-refractivity contribution in [2.24, 2.45) is 0 Å². The molecule has 98 valence electrons. The minimum Gasteiger partial charge on any atom is -0.256 e. The van der Waals surface area contributed by atoms with E-state index in [4.69, 9.17) is 0 Å². The molecule has 0 heterocycles. The number of rotatable bonds is 6. The quantitative estimate of drug-likeness (QED) is 0.511. The van der Waals surface area contributed by atoms with Gasteiger partial charge in [-0.15, -0.1) is 0 Å². The van der Waals surface area contributed by atoms with E-state index in [9.17, 15) is 4.39 Å². The zero-order chi connectivity index (χ0) is 13.0. The molecule has 3 heteroatoms.